The van der Waals surface area contributed by atoms with Crippen LogP contribution in [0.2, 0.25) is 5.02 Å². The van der Waals surface area contributed by atoms with Crippen molar-refractivity contribution >= 4 is 34.5 Å². The van der Waals surface area contributed by atoms with Gasteiger partial charge in [0, 0.05) is 35.8 Å². The minimum atomic E-state index is 0.503. The summed E-state index contributed by atoms with van der Waals surface area (Å²) in [5.74, 6) is 1.19. The number of nitrogens with zero attached hydrogens (tertiary/aromatic N) is 3. The average Bonchev–Trinajstić information content (AvgIpc) is 2.77. The van der Waals surface area contributed by atoms with Crippen LogP contribution in [0.25, 0.3) is 5.57 Å². The van der Waals surface area contributed by atoms with Crippen molar-refractivity contribution in [2.45, 2.75) is 12.8 Å². The van der Waals surface area contributed by atoms with Crippen LogP contribution in [0.4, 0.5) is 11.6 Å². The lowest BCUT2D eigenvalue weighted by molar-refractivity contribution is 0.415. The van der Waals surface area contributed by atoms with E-state index in [9.17, 15) is 0 Å². The number of aromatic nitrogens is 2. The van der Waals surface area contributed by atoms with Crippen LogP contribution in [0.3, 0.4) is 0 Å². The van der Waals surface area contributed by atoms with Crippen molar-refractivity contribution in [3.8, 4) is 5.75 Å². The quantitative estimate of drug-likeness (QED) is 0.589. The van der Waals surface area contributed by atoms with Crippen molar-refractivity contribution in [2.24, 2.45) is 10.7 Å². The summed E-state index contributed by atoms with van der Waals surface area (Å²) in [6.45, 7) is 0. The van der Waals surface area contributed by atoms with Crippen LogP contribution in [0.15, 0.2) is 65.4 Å². The van der Waals surface area contributed by atoms with E-state index in [1.807, 2.05) is 48.7 Å². The predicted octanol–water partition coefficient (Wildman–Crippen LogP) is 4.62. The van der Waals surface area contributed by atoms with E-state index >= 15 is 0 Å². The molecule has 1 aromatic heterocycles. The van der Waals surface area contributed by atoms with Crippen LogP contribution in [-0.4, -0.2) is 29.8 Å². The Morgan fingerprint density at radius 2 is 1.97 bits per heavy atom. The van der Waals surface area contributed by atoms with E-state index in [1.54, 1.807) is 20.2 Å². The number of aliphatic imine (C=N–C) groups is 1. The van der Waals surface area contributed by atoms with Gasteiger partial charge in [-0.05, 0) is 48.7 Å². The van der Waals surface area contributed by atoms with Gasteiger partial charge in [-0.25, -0.2) is 9.97 Å². The van der Waals surface area contributed by atoms with Gasteiger partial charge in [0.05, 0.1) is 23.5 Å². The summed E-state index contributed by atoms with van der Waals surface area (Å²) in [5.41, 5.74) is 12.2. The number of para-hydroxylation sites is 1. The second-order valence-electron chi connectivity index (χ2n) is 6.88. The van der Waals surface area contributed by atoms with Gasteiger partial charge in [0.15, 0.2) is 0 Å². The van der Waals surface area contributed by atoms with Crippen LogP contribution >= 0.6 is 11.6 Å². The maximum absolute atomic E-state index is 6.54. The lowest BCUT2D eigenvalue weighted by Crippen LogP contribution is -2.20. The molecular formula is C23H22ClN5O. The Hall–Kier alpha value is -3.38. The highest BCUT2D eigenvalue weighted by Gasteiger charge is 2.26. The van der Waals surface area contributed by atoms with Crippen LogP contribution in [0.5, 0.6) is 5.75 Å². The molecule has 152 valence electrons. The van der Waals surface area contributed by atoms with Gasteiger partial charge in [-0.3, -0.25) is 4.99 Å². The first kappa shape index (κ1) is 19.9. The molecule has 4 rings (SSSR count). The van der Waals surface area contributed by atoms with E-state index < -0.39 is 0 Å². The van der Waals surface area contributed by atoms with Crippen LogP contribution in [0, 0.1) is 0 Å². The molecule has 1 heterocycles. The number of rotatable bonds is 5. The number of benzene rings is 2. The Morgan fingerprint density at radius 3 is 2.67 bits per heavy atom. The molecule has 0 radical (unpaired) electrons. The molecule has 0 amide bonds. The van der Waals surface area contributed by atoms with E-state index in [0.717, 1.165) is 40.2 Å². The molecule has 0 fully saturated rings. The second kappa shape index (κ2) is 8.55. The number of methoxy groups -OCH3 is 1. The number of halogens is 1. The fourth-order valence-corrected chi connectivity index (χ4v) is 3.77. The van der Waals surface area contributed by atoms with Gasteiger partial charge in [0.2, 0.25) is 5.95 Å². The van der Waals surface area contributed by atoms with Crippen molar-refractivity contribution in [1.82, 2.24) is 9.97 Å². The van der Waals surface area contributed by atoms with E-state index in [0.29, 0.717) is 28.9 Å². The Labute approximate surface area is 180 Å². The molecule has 6 nitrogen and oxygen atoms in total. The fourth-order valence-electron chi connectivity index (χ4n) is 3.51. The Bertz CT molecular complexity index is 1140. The summed E-state index contributed by atoms with van der Waals surface area (Å²) in [6, 6.07) is 15.3. The van der Waals surface area contributed by atoms with E-state index in [1.165, 1.54) is 0 Å². The molecular weight excluding hydrogens is 398 g/mol. The molecule has 1 aliphatic rings. The zero-order valence-electron chi connectivity index (χ0n) is 16.8. The largest absolute Gasteiger partial charge is 0.497 e. The zero-order chi connectivity index (χ0) is 21.1. The highest BCUT2D eigenvalue weighted by atomic mass is 35.5. The minimum Gasteiger partial charge on any atom is -0.497 e. The Kier molecular flexibility index (Phi) is 5.68. The zero-order valence-corrected chi connectivity index (χ0v) is 17.6. The normalized spacial score (nSPS) is 13.8. The van der Waals surface area contributed by atoms with Gasteiger partial charge in [-0.1, -0.05) is 29.8 Å². The van der Waals surface area contributed by atoms with Crippen molar-refractivity contribution in [3.63, 3.8) is 0 Å². The maximum atomic E-state index is 6.54. The second-order valence-corrected chi connectivity index (χ2v) is 7.28. The van der Waals surface area contributed by atoms with Gasteiger partial charge in [0.1, 0.15) is 5.75 Å². The highest BCUT2D eigenvalue weighted by molar-refractivity contribution is 6.40. The number of ether oxygens (including phenoxy) is 1. The van der Waals surface area contributed by atoms with Gasteiger partial charge in [0.25, 0.3) is 0 Å². The number of nitrogens with one attached hydrogen (secondary N) is 1. The maximum Gasteiger partial charge on any atom is 0.227 e. The lowest BCUT2D eigenvalue weighted by atomic mass is 9.88. The van der Waals surface area contributed by atoms with Gasteiger partial charge in [-0.2, -0.15) is 0 Å². The third kappa shape index (κ3) is 3.86. The highest BCUT2D eigenvalue weighted by Crippen LogP contribution is 2.34. The number of nitrogens with two attached hydrogens (primary N) is 1. The van der Waals surface area contributed by atoms with E-state index in [2.05, 4.69) is 15.3 Å². The third-order valence-electron chi connectivity index (χ3n) is 5.01. The number of hydrogen-bond donors (Lipinski definition) is 2. The SMILES string of the molecule is CN=C(C1=C(N)CCc2cnc(Nc3ccccc3)nc21)c1ccc(OC)cc1Cl. The van der Waals surface area contributed by atoms with Crippen molar-refractivity contribution < 1.29 is 4.74 Å². The number of hydrogen-bond acceptors (Lipinski definition) is 6. The topological polar surface area (TPSA) is 85.4 Å². The molecule has 0 bridgehead atoms. The fraction of sp³-hybridized carbons (Fsp3) is 0.174. The average molecular weight is 420 g/mol. The first-order valence-electron chi connectivity index (χ1n) is 9.58. The number of aryl methyl sites for hydroxylation is 1. The molecule has 2 aromatic carbocycles. The summed E-state index contributed by atoms with van der Waals surface area (Å²) in [4.78, 5) is 13.8. The Balaban J connectivity index is 1.78. The summed E-state index contributed by atoms with van der Waals surface area (Å²) in [5, 5.41) is 3.79. The van der Waals surface area contributed by atoms with Crippen LogP contribution in [0.1, 0.15) is 23.2 Å². The molecule has 30 heavy (non-hydrogen) atoms. The van der Waals surface area contributed by atoms with E-state index in [4.69, 9.17) is 27.1 Å². The summed E-state index contributed by atoms with van der Waals surface area (Å²) >= 11 is 6.54. The summed E-state index contributed by atoms with van der Waals surface area (Å²) in [6.07, 6.45) is 3.34. The lowest BCUT2D eigenvalue weighted by Gasteiger charge is -2.22. The van der Waals surface area contributed by atoms with Crippen LogP contribution in [-0.2, 0) is 6.42 Å². The van der Waals surface area contributed by atoms with Crippen molar-refractivity contribution in [3.05, 3.63) is 82.3 Å². The molecule has 0 saturated heterocycles. The minimum absolute atomic E-state index is 0.503. The molecule has 0 unspecified atom stereocenters. The predicted molar refractivity (Wildman–Crippen MR) is 122 cm³/mol. The third-order valence-corrected chi connectivity index (χ3v) is 5.32. The summed E-state index contributed by atoms with van der Waals surface area (Å²) in [7, 11) is 3.34. The monoisotopic (exact) mass is 419 g/mol. The first-order valence-corrected chi connectivity index (χ1v) is 9.96. The number of fused-ring (bicyclic) bond motifs is 1. The molecule has 3 N–H and O–H groups in total. The van der Waals surface area contributed by atoms with Gasteiger partial charge >= 0.3 is 0 Å². The van der Waals surface area contributed by atoms with Gasteiger partial charge < -0.3 is 15.8 Å². The summed E-state index contributed by atoms with van der Waals surface area (Å²) < 4.78 is 5.27. The Morgan fingerprint density at radius 1 is 1.17 bits per heavy atom. The molecule has 0 saturated carbocycles. The molecule has 0 spiro atoms. The number of allylic oxidation sites excluding steroid dienone is 2. The first-order chi connectivity index (χ1) is 14.6. The van der Waals surface area contributed by atoms with E-state index in [-0.39, 0.29) is 0 Å². The van der Waals surface area contributed by atoms with Gasteiger partial charge in [-0.15, -0.1) is 0 Å². The standard InChI is InChI=1S/C23H22ClN5O/c1-26-22(17-10-9-16(30-2)12-18(17)24)20-19(25)11-8-14-13-27-23(29-21(14)20)28-15-6-4-3-5-7-15/h3-7,9-10,12-13H,8,11,25H2,1-2H3,(H,27,28,29). The number of anilines is 2. The molecule has 0 atom stereocenters. The molecule has 3 aromatic rings. The smallest absolute Gasteiger partial charge is 0.227 e. The van der Waals surface area contributed by atoms with Crippen molar-refractivity contribution in [2.75, 3.05) is 19.5 Å². The molecule has 1 aliphatic carbocycles. The molecule has 0 aliphatic heterocycles. The van der Waals surface area contributed by atoms with Crippen molar-refractivity contribution in [1.29, 1.82) is 0 Å². The molecule has 7 heteroatoms. The van der Waals surface area contributed by atoms with Crippen LogP contribution < -0.4 is 15.8 Å².